The van der Waals surface area contributed by atoms with Gasteiger partial charge in [0.2, 0.25) is 0 Å². The van der Waals surface area contributed by atoms with Gasteiger partial charge in [-0.3, -0.25) is 4.79 Å². The van der Waals surface area contributed by atoms with Crippen LogP contribution in [-0.2, 0) is 91.8 Å². The molecule has 12 nitrogen and oxygen atoms in total. The van der Waals surface area contributed by atoms with E-state index < -0.39 is 67.4 Å². The standard InChI is InChI=1S/C56H60O12/c1-40(57)66-54-52(63-36-45-28-16-6-17-29-45)49(60-33-42-22-10-3-11-23-42)47(38-59-32-41-20-8-2-9-21-41)68-56(54)65-39-48-50(61-34-43-24-12-4-13-25-43)51(62-35-44-26-14-5-15-27-44)53(55(58)67-48)64-37-46-30-18-7-19-31-46/h2-31,47-56,58H,32-39H2,1H3/t47-,48-,49-,50-,51+,52+,53+,54+,55-,56+/m1/s1. The summed E-state index contributed by atoms with van der Waals surface area (Å²) < 4.78 is 65.7. The molecule has 2 aliphatic heterocycles. The van der Waals surface area contributed by atoms with Crippen LogP contribution in [-0.4, -0.2) is 85.7 Å². The Morgan fingerprint density at radius 2 is 0.721 bits per heavy atom. The molecular formula is C56H60O12. The van der Waals surface area contributed by atoms with Crippen LogP contribution in [0.3, 0.4) is 0 Å². The van der Waals surface area contributed by atoms with Crippen molar-refractivity contribution in [1.29, 1.82) is 0 Å². The van der Waals surface area contributed by atoms with Crippen LogP contribution in [0.25, 0.3) is 0 Å². The molecule has 0 radical (unpaired) electrons. The molecule has 2 aliphatic rings. The Morgan fingerprint density at radius 3 is 1.10 bits per heavy atom. The number of carbonyl (C=O) groups excluding carboxylic acids is 1. The molecule has 10 atom stereocenters. The maximum absolute atomic E-state index is 13.1. The summed E-state index contributed by atoms with van der Waals surface area (Å²) >= 11 is 0. The van der Waals surface area contributed by atoms with Gasteiger partial charge < -0.3 is 52.5 Å². The lowest BCUT2D eigenvalue weighted by atomic mass is 9.97. The minimum absolute atomic E-state index is 0.0868. The predicted molar refractivity (Wildman–Crippen MR) is 252 cm³/mol. The van der Waals surface area contributed by atoms with Gasteiger partial charge in [0.1, 0.15) is 42.7 Å². The van der Waals surface area contributed by atoms with Gasteiger partial charge in [-0.15, -0.1) is 0 Å². The first-order valence-electron chi connectivity index (χ1n) is 23.1. The molecule has 8 rings (SSSR count). The Labute approximate surface area is 398 Å². The van der Waals surface area contributed by atoms with Crippen molar-refractivity contribution in [1.82, 2.24) is 0 Å². The van der Waals surface area contributed by atoms with E-state index in [1.54, 1.807) is 0 Å². The van der Waals surface area contributed by atoms with Crippen molar-refractivity contribution < 1.29 is 57.3 Å². The summed E-state index contributed by atoms with van der Waals surface area (Å²) in [6, 6.07) is 58.6. The predicted octanol–water partition coefficient (Wildman–Crippen LogP) is 8.52. The first-order valence-corrected chi connectivity index (χ1v) is 23.1. The number of hydrogen-bond acceptors (Lipinski definition) is 12. The monoisotopic (exact) mass is 924 g/mol. The van der Waals surface area contributed by atoms with Crippen LogP contribution < -0.4 is 0 Å². The van der Waals surface area contributed by atoms with Crippen LogP contribution in [0.15, 0.2) is 182 Å². The van der Waals surface area contributed by atoms with Crippen LogP contribution in [0.4, 0.5) is 0 Å². The number of rotatable bonds is 23. The van der Waals surface area contributed by atoms with Crippen molar-refractivity contribution in [2.45, 2.75) is 108 Å². The van der Waals surface area contributed by atoms with Gasteiger partial charge in [0.15, 0.2) is 18.7 Å². The van der Waals surface area contributed by atoms with Crippen LogP contribution in [0.2, 0.25) is 0 Å². The molecule has 0 saturated carbocycles. The van der Waals surface area contributed by atoms with E-state index in [1.807, 2.05) is 182 Å². The molecule has 0 aliphatic carbocycles. The molecule has 2 fully saturated rings. The van der Waals surface area contributed by atoms with Gasteiger partial charge in [-0.25, -0.2) is 0 Å². The first kappa shape index (κ1) is 48.8. The normalized spacial score (nSPS) is 24.9. The van der Waals surface area contributed by atoms with Crippen LogP contribution >= 0.6 is 0 Å². The van der Waals surface area contributed by atoms with Gasteiger partial charge >= 0.3 is 5.97 Å². The summed E-state index contributed by atoms with van der Waals surface area (Å²) in [5.74, 6) is -0.567. The van der Waals surface area contributed by atoms with Gasteiger partial charge in [0, 0.05) is 6.92 Å². The lowest BCUT2D eigenvalue weighted by Gasteiger charge is -2.47. The Hall–Kier alpha value is -5.61. The fraction of sp³-hybridized carbons (Fsp3) is 0.339. The third-order valence-corrected chi connectivity index (χ3v) is 11.7. The number of ether oxygens (including phenoxy) is 10. The van der Waals surface area contributed by atoms with E-state index >= 15 is 0 Å². The van der Waals surface area contributed by atoms with Gasteiger partial charge in [-0.05, 0) is 33.4 Å². The lowest BCUT2D eigenvalue weighted by Crippen LogP contribution is -2.64. The summed E-state index contributed by atoms with van der Waals surface area (Å²) in [6.07, 6.45) is -9.79. The maximum Gasteiger partial charge on any atom is 0.303 e. The van der Waals surface area contributed by atoms with Gasteiger partial charge in [-0.2, -0.15) is 0 Å². The molecule has 1 N–H and O–H groups in total. The molecule has 0 unspecified atom stereocenters. The molecule has 12 heteroatoms. The molecule has 2 saturated heterocycles. The number of aliphatic hydroxyl groups excluding tert-OH is 1. The fourth-order valence-electron chi connectivity index (χ4n) is 8.34. The molecule has 6 aromatic rings. The SMILES string of the molecule is CC(=O)O[C@@H]1[C@@H](OC[C@H]2O[C@@H](O)[C@@H](OCc3ccccc3)[C@@H](OCc3ccccc3)[C@@H]2OCc2ccccc2)O[C@H](COCc2ccccc2)[C@@H](OCc2ccccc2)[C@@H]1OCc1ccccc1. The van der Waals surface area contributed by atoms with Crippen molar-refractivity contribution in [3.63, 3.8) is 0 Å². The summed E-state index contributed by atoms with van der Waals surface area (Å²) in [6.45, 7) is 2.54. The second kappa shape index (κ2) is 25.7. The fourth-order valence-corrected chi connectivity index (χ4v) is 8.34. The Kier molecular flexibility index (Phi) is 18.4. The zero-order chi connectivity index (χ0) is 46.8. The highest BCUT2D eigenvalue weighted by Crippen LogP contribution is 2.34. The molecular weight excluding hydrogens is 865 g/mol. The highest BCUT2D eigenvalue weighted by Gasteiger charge is 2.52. The zero-order valence-electron chi connectivity index (χ0n) is 38.2. The topological polar surface area (TPSA) is 130 Å². The van der Waals surface area contributed by atoms with Crippen LogP contribution in [0.5, 0.6) is 0 Å². The van der Waals surface area contributed by atoms with E-state index in [4.69, 9.17) is 47.4 Å². The van der Waals surface area contributed by atoms with E-state index in [2.05, 4.69) is 0 Å². The Morgan fingerprint density at radius 1 is 0.397 bits per heavy atom. The third kappa shape index (κ3) is 14.2. The van der Waals surface area contributed by atoms with E-state index in [9.17, 15) is 9.90 Å². The number of carbonyl (C=O) groups is 1. The molecule has 0 amide bonds. The third-order valence-electron chi connectivity index (χ3n) is 11.7. The van der Waals surface area contributed by atoms with Crippen molar-refractivity contribution in [3.8, 4) is 0 Å². The summed E-state index contributed by atoms with van der Waals surface area (Å²) in [5, 5.41) is 11.8. The molecule has 0 bridgehead atoms. The molecule has 0 aromatic heterocycles. The van der Waals surface area contributed by atoms with Crippen LogP contribution in [0.1, 0.15) is 40.3 Å². The second-order valence-electron chi connectivity index (χ2n) is 16.8. The largest absolute Gasteiger partial charge is 0.454 e. The highest BCUT2D eigenvalue weighted by molar-refractivity contribution is 5.66. The van der Waals surface area contributed by atoms with Gasteiger partial charge in [0.05, 0.1) is 52.9 Å². The zero-order valence-corrected chi connectivity index (χ0v) is 38.2. The van der Waals surface area contributed by atoms with Crippen molar-refractivity contribution in [2.75, 3.05) is 13.2 Å². The minimum atomic E-state index is -1.45. The van der Waals surface area contributed by atoms with E-state index in [0.717, 1.165) is 33.4 Å². The second-order valence-corrected chi connectivity index (χ2v) is 16.8. The van der Waals surface area contributed by atoms with E-state index in [1.165, 1.54) is 6.92 Å². The molecule has 0 spiro atoms. The van der Waals surface area contributed by atoms with Crippen LogP contribution in [0, 0.1) is 0 Å². The summed E-state index contributed by atoms with van der Waals surface area (Å²) in [5.41, 5.74) is 5.59. The molecule has 356 valence electrons. The van der Waals surface area contributed by atoms with E-state index in [0.29, 0.717) is 6.61 Å². The maximum atomic E-state index is 13.1. The van der Waals surface area contributed by atoms with Crippen molar-refractivity contribution in [2.24, 2.45) is 0 Å². The summed E-state index contributed by atoms with van der Waals surface area (Å²) in [7, 11) is 0. The lowest BCUT2D eigenvalue weighted by molar-refractivity contribution is -0.345. The smallest absolute Gasteiger partial charge is 0.303 e. The average molecular weight is 925 g/mol. The first-order chi connectivity index (χ1) is 33.5. The number of esters is 1. The Bertz CT molecular complexity index is 2330. The number of aliphatic hydroxyl groups is 1. The summed E-state index contributed by atoms with van der Waals surface area (Å²) in [4.78, 5) is 13.1. The molecule has 2 heterocycles. The highest BCUT2D eigenvalue weighted by atomic mass is 16.7. The van der Waals surface area contributed by atoms with E-state index in [-0.39, 0.29) is 46.2 Å². The quantitative estimate of drug-likeness (QED) is 0.0619. The molecule has 6 aromatic carbocycles. The van der Waals surface area contributed by atoms with Gasteiger partial charge in [0.25, 0.3) is 0 Å². The number of hydrogen-bond donors (Lipinski definition) is 1. The average Bonchev–Trinajstić information content (AvgIpc) is 3.38. The minimum Gasteiger partial charge on any atom is -0.454 e. The number of benzene rings is 6. The van der Waals surface area contributed by atoms with Crippen molar-refractivity contribution >= 4 is 5.97 Å². The Balaban J connectivity index is 1.09. The van der Waals surface area contributed by atoms with Gasteiger partial charge in [-0.1, -0.05) is 182 Å². The molecule has 68 heavy (non-hydrogen) atoms. The van der Waals surface area contributed by atoms with Crippen molar-refractivity contribution in [3.05, 3.63) is 215 Å².